The summed E-state index contributed by atoms with van der Waals surface area (Å²) < 4.78 is 6.73. The summed E-state index contributed by atoms with van der Waals surface area (Å²) in [7, 11) is 0. The first-order chi connectivity index (χ1) is 13.7. The van der Waals surface area contributed by atoms with Gasteiger partial charge >= 0.3 is 0 Å². The van der Waals surface area contributed by atoms with Gasteiger partial charge in [0.15, 0.2) is 0 Å². The van der Waals surface area contributed by atoms with E-state index in [1.54, 1.807) is 6.20 Å². The highest BCUT2D eigenvalue weighted by atomic mass is 16.5. The molecule has 0 aliphatic heterocycles. The van der Waals surface area contributed by atoms with Crippen LogP contribution in [0.3, 0.4) is 0 Å². The third kappa shape index (κ3) is 3.34. The van der Waals surface area contributed by atoms with Crippen LogP contribution in [0, 0.1) is 0 Å². The molecule has 28 heavy (non-hydrogen) atoms. The summed E-state index contributed by atoms with van der Waals surface area (Å²) in [6.07, 6.45) is 1.62. The van der Waals surface area contributed by atoms with Crippen molar-refractivity contribution in [1.82, 2.24) is 20.1 Å². The molecule has 0 bridgehead atoms. The second kappa shape index (κ2) is 7.56. The number of aromatic amines is 1. The number of rotatable bonds is 6. The average molecular weight is 376 g/mol. The lowest BCUT2D eigenvalue weighted by Crippen LogP contribution is -2.33. The van der Waals surface area contributed by atoms with Crippen molar-refractivity contribution in [2.45, 2.75) is 20.0 Å². The van der Waals surface area contributed by atoms with Crippen molar-refractivity contribution in [2.24, 2.45) is 0 Å². The molecular weight excluding hydrogens is 356 g/mol. The number of amides is 1. The topological polar surface area (TPSA) is 89.0 Å². The highest BCUT2D eigenvalue weighted by Gasteiger charge is 2.13. The monoisotopic (exact) mass is 376 g/mol. The number of aromatic nitrogens is 3. The molecule has 0 spiro atoms. The number of nitrogens with one attached hydrogen (secondary N) is 2. The van der Waals surface area contributed by atoms with Crippen LogP contribution in [0.2, 0.25) is 0 Å². The van der Waals surface area contributed by atoms with Crippen LogP contribution in [-0.2, 0) is 17.9 Å². The second-order valence-corrected chi connectivity index (χ2v) is 6.38. The second-order valence-electron chi connectivity index (χ2n) is 6.38. The minimum absolute atomic E-state index is 0.152. The molecule has 0 saturated heterocycles. The summed E-state index contributed by atoms with van der Waals surface area (Å²) in [6, 6.07) is 15.2. The Kier molecular flexibility index (Phi) is 4.80. The molecule has 4 aromatic rings. The zero-order valence-corrected chi connectivity index (χ0v) is 15.4. The fourth-order valence-electron chi connectivity index (χ4n) is 3.22. The Bertz CT molecular complexity index is 1210. The van der Waals surface area contributed by atoms with Crippen LogP contribution < -0.4 is 15.6 Å². The third-order valence-corrected chi connectivity index (χ3v) is 4.56. The Labute approximate surface area is 160 Å². The summed E-state index contributed by atoms with van der Waals surface area (Å²) >= 11 is 0. The maximum atomic E-state index is 12.7. The van der Waals surface area contributed by atoms with E-state index in [-0.39, 0.29) is 18.0 Å². The van der Waals surface area contributed by atoms with Crippen molar-refractivity contribution in [3.63, 3.8) is 0 Å². The normalized spacial score (nSPS) is 11.0. The standard InChI is InChI=1S/C21H20N4O3/c1-2-28-18-10-6-3-7-14(18)11-22-19(26)13-25-21(27)20-16(12-23-25)15-8-4-5-9-17(15)24-20/h3-10,12,24H,2,11,13H2,1H3,(H,22,26). The van der Waals surface area contributed by atoms with Crippen LogP contribution in [-0.4, -0.2) is 27.3 Å². The zero-order valence-electron chi connectivity index (χ0n) is 15.4. The molecule has 1 amide bonds. The van der Waals surface area contributed by atoms with E-state index in [2.05, 4.69) is 15.4 Å². The van der Waals surface area contributed by atoms with Crippen LogP contribution in [0.15, 0.2) is 59.5 Å². The van der Waals surface area contributed by atoms with E-state index in [4.69, 9.17) is 4.74 Å². The summed E-state index contributed by atoms with van der Waals surface area (Å²) in [5, 5.41) is 8.68. The van der Waals surface area contributed by atoms with E-state index in [1.165, 1.54) is 4.68 Å². The van der Waals surface area contributed by atoms with Crippen molar-refractivity contribution < 1.29 is 9.53 Å². The van der Waals surface area contributed by atoms with Gasteiger partial charge in [-0.25, -0.2) is 4.68 Å². The molecule has 0 fully saturated rings. The number of fused-ring (bicyclic) bond motifs is 3. The minimum atomic E-state index is -0.321. The summed E-state index contributed by atoms with van der Waals surface area (Å²) in [5.41, 5.74) is 1.87. The molecule has 2 aromatic heterocycles. The molecular formula is C21H20N4O3. The maximum Gasteiger partial charge on any atom is 0.291 e. The fraction of sp³-hybridized carbons (Fsp3) is 0.190. The third-order valence-electron chi connectivity index (χ3n) is 4.56. The Balaban J connectivity index is 1.52. The van der Waals surface area contributed by atoms with Gasteiger partial charge in [0, 0.05) is 28.4 Å². The number of benzene rings is 2. The van der Waals surface area contributed by atoms with Crippen LogP contribution in [0.4, 0.5) is 0 Å². The van der Waals surface area contributed by atoms with Gasteiger partial charge in [-0.05, 0) is 19.1 Å². The molecule has 142 valence electrons. The van der Waals surface area contributed by atoms with Gasteiger partial charge in [0.2, 0.25) is 5.91 Å². The van der Waals surface area contributed by atoms with Crippen LogP contribution in [0.25, 0.3) is 21.8 Å². The van der Waals surface area contributed by atoms with Crippen molar-refractivity contribution in [2.75, 3.05) is 6.61 Å². The van der Waals surface area contributed by atoms with Crippen molar-refractivity contribution in [3.05, 3.63) is 70.6 Å². The number of para-hydroxylation sites is 2. The van der Waals surface area contributed by atoms with Gasteiger partial charge in [0.1, 0.15) is 17.8 Å². The average Bonchev–Trinajstić information content (AvgIpc) is 3.09. The molecule has 7 nitrogen and oxygen atoms in total. The lowest BCUT2D eigenvalue weighted by atomic mass is 10.2. The minimum Gasteiger partial charge on any atom is -0.494 e. The molecule has 2 N–H and O–H groups in total. The molecule has 0 unspecified atom stereocenters. The molecule has 4 rings (SSSR count). The van der Waals surface area contributed by atoms with Gasteiger partial charge in [-0.15, -0.1) is 0 Å². The molecule has 2 aromatic carbocycles. The van der Waals surface area contributed by atoms with E-state index >= 15 is 0 Å². The Morgan fingerprint density at radius 1 is 1.14 bits per heavy atom. The number of carbonyl (C=O) groups excluding carboxylic acids is 1. The highest BCUT2D eigenvalue weighted by Crippen LogP contribution is 2.21. The highest BCUT2D eigenvalue weighted by molar-refractivity contribution is 6.06. The van der Waals surface area contributed by atoms with E-state index in [1.807, 2.05) is 55.5 Å². The lowest BCUT2D eigenvalue weighted by Gasteiger charge is -2.11. The fourth-order valence-corrected chi connectivity index (χ4v) is 3.22. The first-order valence-corrected chi connectivity index (χ1v) is 9.11. The molecule has 0 saturated carbocycles. The van der Waals surface area contributed by atoms with Gasteiger partial charge in [0.25, 0.3) is 5.56 Å². The number of hydrogen-bond acceptors (Lipinski definition) is 4. The van der Waals surface area contributed by atoms with Crippen molar-refractivity contribution in [3.8, 4) is 5.75 Å². The summed E-state index contributed by atoms with van der Waals surface area (Å²) in [6.45, 7) is 2.63. The number of hydrogen-bond donors (Lipinski definition) is 2. The lowest BCUT2D eigenvalue weighted by molar-refractivity contribution is -0.122. The predicted molar refractivity (Wildman–Crippen MR) is 107 cm³/mol. The Hall–Kier alpha value is -3.61. The molecule has 0 radical (unpaired) electrons. The zero-order chi connectivity index (χ0) is 19.5. The van der Waals surface area contributed by atoms with Gasteiger partial charge in [0.05, 0.1) is 12.8 Å². The number of H-pyrrole nitrogens is 1. The van der Waals surface area contributed by atoms with Crippen LogP contribution in [0.5, 0.6) is 5.75 Å². The SMILES string of the molecule is CCOc1ccccc1CNC(=O)Cn1ncc2c([nH]c3ccccc32)c1=O. The summed E-state index contributed by atoms with van der Waals surface area (Å²) in [5.74, 6) is 0.441. The van der Waals surface area contributed by atoms with Crippen molar-refractivity contribution >= 4 is 27.7 Å². The largest absolute Gasteiger partial charge is 0.494 e. The van der Waals surface area contributed by atoms with Gasteiger partial charge in [-0.2, -0.15) is 5.10 Å². The Morgan fingerprint density at radius 2 is 1.93 bits per heavy atom. The van der Waals surface area contributed by atoms with Crippen LogP contribution in [0.1, 0.15) is 12.5 Å². The Morgan fingerprint density at radius 3 is 2.79 bits per heavy atom. The number of nitrogens with zero attached hydrogens (tertiary/aromatic N) is 2. The first-order valence-electron chi connectivity index (χ1n) is 9.11. The molecule has 7 heteroatoms. The van der Waals surface area contributed by atoms with Gasteiger partial charge < -0.3 is 15.0 Å². The van der Waals surface area contributed by atoms with Crippen molar-refractivity contribution in [1.29, 1.82) is 0 Å². The molecule has 0 aliphatic rings. The number of ether oxygens (including phenoxy) is 1. The van der Waals surface area contributed by atoms with E-state index in [9.17, 15) is 9.59 Å². The predicted octanol–water partition coefficient (Wildman–Crippen LogP) is 2.59. The van der Waals surface area contributed by atoms with Crippen LogP contribution >= 0.6 is 0 Å². The first kappa shape index (κ1) is 17.8. The van der Waals surface area contributed by atoms with Gasteiger partial charge in [-0.3, -0.25) is 9.59 Å². The quantitative estimate of drug-likeness (QED) is 0.541. The summed E-state index contributed by atoms with van der Waals surface area (Å²) in [4.78, 5) is 28.2. The van der Waals surface area contributed by atoms with E-state index in [0.29, 0.717) is 18.7 Å². The number of carbonyl (C=O) groups is 1. The molecule has 0 aliphatic carbocycles. The van der Waals surface area contributed by atoms with Gasteiger partial charge in [-0.1, -0.05) is 36.4 Å². The molecule has 2 heterocycles. The molecule has 0 atom stereocenters. The van der Waals surface area contributed by atoms with E-state index in [0.717, 1.165) is 27.6 Å². The van der Waals surface area contributed by atoms with E-state index < -0.39 is 0 Å². The maximum absolute atomic E-state index is 12.7. The smallest absolute Gasteiger partial charge is 0.291 e.